The van der Waals surface area contributed by atoms with Crippen LogP contribution in [0.1, 0.15) is 16.6 Å². The lowest BCUT2D eigenvalue weighted by Crippen LogP contribution is -2.19. The van der Waals surface area contributed by atoms with Gasteiger partial charge in [-0.2, -0.15) is 5.10 Å². The molecule has 3 nitrogen and oxygen atoms in total. The number of hydrogen-bond acceptors (Lipinski definition) is 3. The first-order valence-corrected chi connectivity index (χ1v) is 5.39. The highest BCUT2D eigenvalue weighted by molar-refractivity contribution is 7.10. The molecular formula is C10H13N3S. The van der Waals surface area contributed by atoms with Crippen LogP contribution in [0.2, 0.25) is 0 Å². The van der Waals surface area contributed by atoms with Crippen molar-refractivity contribution in [2.24, 2.45) is 7.05 Å². The Labute approximate surface area is 87.4 Å². The zero-order valence-corrected chi connectivity index (χ0v) is 9.08. The molecule has 0 aliphatic rings. The molecule has 14 heavy (non-hydrogen) atoms. The van der Waals surface area contributed by atoms with Gasteiger partial charge in [0.2, 0.25) is 0 Å². The van der Waals surface area contributed by atoms with Crippen LogP contribution in [0.15, 0.2) is 29.8 Å². The lowest BCUT2D eigenvalue weighted by Gasteiger charge is -2.14. The molecule has 0 bridgehead atoms. The Morgan fingerprint density at radius 1 is 1.50 bits per heavy atom. The second-order valence-corrected chi connectivity index (χ2v) is 4.10. The summed E-state index contributed by atoms with van der Waals surface area (Å²) in [7, 11) is 3.94. The maximum atomic E-state index is 4.18. The Morgan fingerprint density at radius 3 is 2.86 bits per heavy atom. The Hall–Kier alpha value is -1.13. The van der Waals surface area contributed by atoms with E-state index in [2.05, 4.69) is 27.9 Å². The van der Waals surface area contributed by atoms with Crippen LogP contribution in [-0.2, 0) is 7.05 Å². The minimum atomic E-state index is 0.252. The van der Waals surface area contributed by atoms with E-state index >= 15 is 0 Å². The van der Waals surface area contributed by atoms with E-state index in [1.165, 1.54) is 10.6 Å². The average Bonchev–Trinajstić information content (AvgIpc) is 2.80. The monoisotopic (exact) mass is 207 g/mol. The van der Waals surface area contributed by atoms with E-state index in [0.717, 1.165) is 0 Å². The fraction of sp³-hybridized carbons (Fsp3) is 0.300. The van der Waals surface area contributed by atoms with E-state index in [4.69, 9.17) is 0 Å². The summed E-state index contributed by atoms with van der Waals surface area (Å²) in [5, 5.41) is 9.57. The summed E-state index contributed by atoms with van der Waals surface area (Å²) >= 11 is 1.76. The van der Waals surface area contributed by atoms with Gasteiger partial charge in [-0.15, -0.1) is 11.3 Å². The van der Waals surface area contributed by atoms with Crippen LogP contribution in [0, 0.1) is 0 Å². The van der Waals surface area contributed by atoms with Crippen molar-refractivity contribution in [3.63, 3.8) is 0 Å². The summed E-state index contributed by atoms with van der Waals surface area (Å²) in [6.45, 7) is 0. The van der Waals surface area contributed by atoms with Crippen LogP contribution in [0.25, 0.3) is 0 Å². The maximum Gasteiger partial charge on any atom is 0.0839 e. The van der Waals surface area contributed by atoms with Crippen molar-refractivity contribution in [3.8, 4) is 0 Å². The van der Waals surface area contributed by atoms with Gasteiger partial charge in [0, 0.05) is 18.1 Å². The molecule has 0 saturated carbocycles. The first kappa shape index (κ1) is 9.43. The Balaban J connectivity index is 2.36. The van der Waals surface area contributed by atoms with Gasteiger partial charge in [0.25, 0.3) is 0 Å². The van der Waals surface area contributed by atoms with E-state index in [1.807, 2.05) is 31.0 Å². The summed E-state index contributed by atoms with van der Waals surface area (Å²) in [6, 6.07) is 6.50. The topological polar surface area (TPSA) is 29.9 Å². The zero-order valence-electron chi connectivity index (χ0n) is 8.27. The van der Waals surface area contributed by atoms with E-state index in [-0.39, 0.29) is 6.04 Å². The van der Waals surface area contributed by atoms with Crippen LogP contribution in [0.3, 0.4) is 0 Å². The number of rotatable bonds is 3. The summed E-state index contributed by atoms with van der Waals surface area (Å²) in [4.78, 5) is 1.32. The van der Waals surface area contributed by atoms with Gasteiger partial charge in [0.1, 0.15) is 0 Å². The van der Waals surface area contributed by atoms with Crippen molar-refractivity contribution >= 4 is 11.3 Å². The lowest BCUT2D eigenvalue weighted by molar-refractivity contribution is 0.613. The molecule has 0 radical (unpaired) electrons. The van der Waals surface area contributed by atoms with Gasteiger partial charge in [-0.1, -0.05) is 6.07 Å². The highest BCUT2D eigenvalue weighted by Crippen LogP contribution is 2.24. The summed E-state index contributed by atoms with van der Waals surface area (Å²) in [6.07, 6.45) is 1.83. The minimum absolute atomic E-state index is 0.252. The van der Waals surface area contributed by atoms with Crippen LogP contribution >= 0.6 is 11.3 Å². The molecule has 0 fully saturated rings. The molecule has 0 aliphatic heterocycles. The molecular weight excluding hydrogens is 194 g/mol. The molecule has 1 N–H and O–H groups in total. The third-order valence-corrected chi connectivity index (χ3v) is 3.21. The zero-order chi connectivity index (χ0) is 9.97. The number of aromatic nitrogens is 2. The molecule has 0 aliphatic carbocycles. The smallest absolute Gasteiger partial charge is 0.0839 e. The Bertz CT molecular complexity index is 391. The molecule has 0 saturated heterocycles. The van der Waals surface area contributed by atoms with Gasteiger partial charge >= 0.3 is 0 Å². The largest absolute Gasteiger partial charge is 0.307 e. The van der Waals surface area contributed by atoms with E-state index in [0.29, 0.717) is 0 Å². The predicted molar refractivity (Wildman–Crippen MR) is 58.4 cm³/mol. The van der Waals surface area contributed by atoms with Crippen LogP contribution in [-0.4, -0.2) is 16.8 Å². The first-order chi connectivity index (χ1) is 6.83. The Kier molecular flexibility index (Phi) is 2.65. The van der Waals surface area contributed by atoms with Gasteiger partial charge in [-0.05, 0) is 24.6 Å². The SMILES string of the molecule is CNC(c1cccs1)c1ccnn1C. The summed E-state index contributed by atoms with van der Waals surface area (Å²) in [5.41, 5.74) is 1.19. The molecule has 1 unspecified atom stereocenters. The summed E-state index contributed by atoms with van der Waals surface area (Å²) < 4.78 is 1.90. The number of thiophene rings is 1. The quantitative estimate of drug-likeness (QED) is 0.831. The second-order valence-electron chi connectivity index (χ2n) is 3.12. The molecule has 74 valence electrons. The standard InChI is InChI=1S/C10H13N3S/c1-11-10(9-4-3-7-14-9)8-5-6-12-13(8)2/h3-7,10-11H,1-2H3. The van der Waals surface area contributed by atoms with Crippen LogP contribution < -0.4 is 5.32 Å². The van der Waals surface area contributed by atoms with Crippen molar-refractivity contribution in [3.05, 3.63) is 40.3 Å². The first-order valence-electron chi connectivity index (χ1n) is 4.51. The number of hydrogen-bond donors (Lipinski definition) is 1. The predicted octanol–water partition coefficient (Wildman–Crippen LogP) is 1.79. The maximum absolute atomic E-state index is 4.18. The molecule has 0 spiro atoms. The van der Waals surface area contributed by atoms with Crippen molar-refractivity contribution in [2.75, 3.05) is 7.05 Å². The molecule has 2 rings (SSSR count). The average molecular weight is 207 g/mol. The van der Waals surface area contributed by atoms with Crippen LogP contribution in [0.4, 0.5) is 0 Å². The van der Waals surface area contributed by atoms with E-state index < -0.39 is 0 Å². The van der Waals surface area contributed by atoms with E-state index in [1.54, 1.807) is 11.3 Å². The minimum Gasteiger partial charge on any atom is -0.307 e. The van der Waals surface area contributed by atoms with Gasteiger partial charge in [0.15, 0.2) is 0 Å². The van der Waals surface area contributed by atoms with Crippen molar-refractivity contribution in [2.45, 2.75) is 6.04 Å². The normalized spacial score (nSPS) is 13.0. The molecule has 1 atom stereocenters. The Morgan fingerprint density at radius 2 is 2.36 bits per heavy atom. The van der Waals surface area contributed by atoms with Gasteiger partial charge in [0.05, 0.1) is 11.7 Å². The number of nitrogens with one attached hydrogen (secondary N) is 1. The molecule has 0 aromatic carbocycles. The fourth-order valence-corrected chi connectivity index (χ4v) is 2.40. The highest BCUT2D eigenvalue weighted by atomic mass is 32.1. The van der Waals surface area contributed by atoms with Crippen molar-refractivity contribution in [1.29, 1.82) is 0 Å². The highest BCUT2D eigenvalue weighted by Gasteiger charge is 2.15. The van der Waals surface area contributed by atoms with Gasteiger partial charge in [-0.3, -0.25) is 4.68 Å². The number of aryl methyl sites for hydroxylation is 1. The molecule has 2 heterocycles. The second kappa shape index (κ2) is 3.94. The van der Waals surface area contributed by atoms with Crippen molar-refractivity contribution < 1.29 is 0 Å². The number of nitrogens with zero attached hydrogens (tertiary/aromatic N) is 2. The molecule has 2 aromatic heterocycles. The van der Waals surface area contributed by atoms with Gasteiger partial charge in [-0.25, -0.2) is 0 Å². The summed E-state index contributed by atoms with van der Waals surface area (Å²) in [5.74, 6) is 0. The lowest BCUT2D eigenvalue weighted by atomic mass is 10.2. The molecule has 4 heteroatoms. The van der Waals surface area contributed by atoms with Gasteiger partial charge < -0.3 is 5.32 Å². The molecule has 0 amide bonds. The molecule has 2 aromatic rings. The van der Waals surface area contributed by atoms with E-state index in [9.17, 15) is 0 Å². The third kappa shape index (κ3) is 1.58. The fourth-order valence-electron chi connectivity index (χ4n) is 1.56. The van der Waals surface area contributed by atoms with Crippen molar-refractivity contribution in [1.82, 2.24) is 15.1 Å². The van der Waals surface area contributed by atoms with Crippen LogP contribution in [0.5, 0.6) is 0 Å². The third-order valence-electron chi connectivity index (χ3n) is 2.27.